The van der Waals surface area contributed by atoms with Gasteiger partial charge in [0.15, 0.2) is 0 Å². The summed E-state index contributed by atoms with van der Waals surface area (Å²) in [6.45, 7) is 1.71. The maximum absolute atomic E-state index is 12.3. The first-order valence-electron chi connectivity index (χ1n) is 6.31. The number of hydrogen-bond acceptors (Lipinski definition) is 4. The predicted octanol–water partition coefficient (Wildman–Crippen LogP) is 3.21. The fraction of sp³-hybridized carbons (Fsp3) is 0.214. The number of halogens is 1. The second-order valence-corrected chi connectivity index (χ2v) is 8.66. The van der Waals surface area contributed by atoms with Crippen LogP contribution in [0.2, 0.25) is 4.34 Å². The highest BCUT2D eigenvalue weighted by Gasteiger charge is 2.20. The molecule has 2 aromatic rings. The molecule has 2 rings (SSSR count). The van der Waals surface area contributed by atoms with Crippen LogP contribution in [0, 0.1) is 6.92 Å². The average molecular weight is 359 g/mol. The third-order valence-corrected chi connectivity index (χ3v) is 6.19. The van der Waals surface area contributed by atoms with Crippen LogP contribution in [0.1, 0.15) is 15.2 Å². The number of hydrogen-bond donors (Lipinski definition) is 1. The van der Waals surface area contributed by atoms with E-state index in [2.05, 4.69) is 5.32 Å². The number of aryl methyl sites for hydroxylation is 1. The lowest BCUT2D eigenvalue weighted by Crippen LogP contribution is -2.23. The van der Waals surface area contributed by atoms with Crippen molar-refractivity contribution in [2.75, 3.05) is 19.4 Å². The maximum Gasteiger partial charge on any atom is 0.265 e. The molecule has 22 heavy (non-hydrogen) atoms. The minimum Gasteiger partial charge on any atom is -0.321 e. The zero-order chi connectivity index (χ0) is 16.5. The van der Waals surface area contributed by atoms with E-state index in [-0.39, 0.29) is 10.8 Å². The van der Waals surface area contributed by atoms with E-state index in [1.165, 1.54) is 20.2 Å². The summed E-state index contributed by atoms with van der Waals surface area (Å²) in [7, 11) is -0.631. The number of nitrogens with zero attached hydrogens (tertiary/aromatic N) is 1. The van der Waals surface area contributed by atoms with Crippen molar-refractivity contribution in [3.05, 3.63) is 45.1 Å². The molecule has 0 fully saturated rings. The van der Waals surface area contributed by atoms with Crippen LogP contribution in [0.4, 0.5) is 5.69 Å². The SMILES string of the molecule is Cc1ccc(NC(=O)c2ccc(Cl)s2)cc1S(=O)(=O)N(C)C. The van der Waals surface area contributed by atoms with E-state index in [1.54, 1.807) is 31.2 Å². The minimum atomic E-state index is -3.56. The summed E-state index contributed by atoms with van der Waals surface area (Å²) in [6, 6.07) is 8.04. The maximum atomic E-state index is 12.3. The quantitative estimate of drug-likeness (QED) is 0.912. The molecule has 5 nitrogen and oxygen atoms in total. The van der Waals surface area contributed by atoms with E-state index in [4.69, 9.17) is 11.6 Å². The Kier molecular flexibility index (Phi) is 4.91. The third-order valence-electron chi connectivity index (χ3n) is 3.00. The lowest BCUT2D eigenvalue weighted by molar-refractivity contribution is 0.103. The molecule has 1 N–H and O–H groups in total. The molecule has 0 unspecified atom stereocenters. The molecule has 1 aromatic heterocycles. The van der Waals surface area contributed by atoms with E-state index in [9.17, 15) is 13.2 Å². The summed E-state index contributed by atoms with van der Waals surface area (Å²) in [5.74, 6) is -0.325. The van der Waals surface area contributed by atoms with Crippen LogP contribution in [0.3, 0.4) is 0 Å². The van der Waals surface area contributed by atoms with Crippen molar-refractivity contribution in [2.24, 2.45) is 0 Å². The van der Waals surface area contributed by atoms with Gasteiger partial charge in [0.05, 0.1) is 14.1 Å². The van der Waals surface area contributed by atoms with Crippen molar-refractivity contribution in [1.82, 2.24) is 4.31 Å². The predicted molar refractivity (Wildman–Crippen MR) is 89.3 cm³/mol. The van der Waals surface area contributed by atoms with Crippen LogP contribution in [0.5, 0.6) is 0 Å². The van der Waals surface area contributed by atoms with Gasteiger partial charge in [0.2, 0.25) is 10.0 Å². The van der Waals surface area contributed by atoms with Crippen molar-refractivity contribution in [1.29, 1.82) is 0 Å². The Balaban J connectivity index is 2.32. The van der Waals surface area contributed by atoms with E-state index in [1.807, 2.05) is 0 Å². The second kappa shape index (κ2) is 6.37. The molecule has 0 bridgehead atoms. The number of rotatable bonds is 4. The molecule has 0 spiro atoms. The topological polar surface area (TPSA) is 66.5 Å². The second-order valence-electron chi connectivity index (χ2n) is 4.83. The standard InChI is InChI=1S/C14H15ClN2O3S2/c1-9-4-5-10(8-12(9)22(19,20)17(2)3)16-14(18)11-6-7-13(15)21-11/h4-8H,1-3H3,(H,16,18). The largest absolute Gasteiger partial charge is 0.321 e. The zero-order valence-corrected chi connectivity index (χ0v) is 14.6. The lowest BCUT2D eigenvalue weighted by Gasteiger charge is -2.15. The van der Waals surface area contributed by atoms with E-state index in [0.717, 1.165) is 15.6 Å². The van der Waals surface area contributed by atoms with Gasteiger partial charge in [-0.05, 0) is 36.8 Å². The number of carbonyl (C=O) groups excluding carboxylic acids is 1. The fourth-order valence-electron chi connectivity index (χ4n) is 1.78. The van der Waals surface area contributed by atoms with Crippen LogP contribution < -0.4 is 5.32 Å². The molecule has 8 heteroatoms. The summed E-state index contributed by atoms with van der Waals surface area (Å²) in [5, 5.41) is 2.68. The van der Waals surface area contributed by atoms with Gasteiger partial charge in [-0.25, -0.2) is 12.7 Å². The zero-order valence-electron chi connectivity index (χ0n) is 12.3. The van der Waals surface area contributed by atoms with Crippen LogP contribution in [-0.2, 0) is 10.0 Å². The van der Waals surface area contributed by atoms with Gasteiger partial charge in [-0.15, -0.1) is 11.3 Å². The first-order chi connectivity index (χ1) is 10.2. The summed E-state index contributed by atoms with van der Waals surface area (Å²) >= 11 is 6.96. The smallest absolute Gasteiger partial charge is 0.265 e. The number of carbonyl (C=O) groups is 1. The highest BCUT2D eigenvalue weighted by Crippen LogP contribution is 2.25. The molecule has 1 heterocycles. The van der Waals surface area contributed by atoms with Crippen molar-refractivity contribution >= 4 is 44.6 Å². The molecule has 0 aliphatic carbocycles. The highest BCUT2D eigenvalue weighted by atomic mass is 35.5. The molecule has 0 aliphatic heterocycles. The van der Waals surface area contributed by atoms with Crippen molar-refractivity contribution in [3.63, 3.8) is 0 Å². The Bertz CT molecular complexity index is 813. The number of sulfonamides is 1. The number of anilines is 1. The molecule has 0 radical (unpaired) electrons. The van der Waals surface area contributed by atoms with Crippen molar-refractivity contribution in [3.8, 4) is 0 Å². The molecular weight excluding hydrogens is 344 g/mol. The molecule has 1 amide bonds. The van der Waals surface area contributed by atoms with Gasteiger partial charge in [-0.1, -0.05) is 17.7 Å². The van der Waals surface area contributed by atoms with Crippen LogP contribution >= 0.6 is 22.9 Å². The third kappa shape index (κ3) is 3.49. The Morgan fingerprint density at radius 1 is 1.23 bits per heavy atom. The van der Waals surface area contributed by atoms with Crippen molar-refractivity contribution < 1.29 is 13.2 Å². The number of benzene rings is 1. The molecule has 0 saturated heterocycles. The normalized spacial score (nSPS) is 11.7. The van der Waals surface area contributed by atoms with Gasteiger partial charge in [0, 0.05) is 19.8 Å². The monoisotopic (exact) mass is 358 g/mol. The van der Waals surface area contributed by atoms with Crippen LogP contribution in [0.25, 0.3) is 0 Å². The average Bonchev–Trinajstić information content (AvgIpc) is 2.87. The van der Waals surface area contributed by atoms with E-state index in [0.29, 0.717) is 20.5 Å². The number of thiophene rings is 1. The summed E-state index contributed by atoms with van der Waals surface area (Å²) < 4.78 is 26.2. The molecule has 0 saturated carbocycles. The van der Waals surface area contributed by atoms with Crippen LogP contribution in [-0.4, -0.2) is 32.7 Å². The van der Waals surface area contributed by atoms with E-state index < -0.39 is 10.0 Å². The van der Waals surface area contributed by atoms with Gasteiger partial charge in [-0.3, -0.25) is 4.79 Å². The molecule has 0 atom stereocenters. The number of nitrogens with one attached hydrogen (secondary N) is 1. The van der Waals surface area contributed by atoms with Gasteiger partial charge in [-0.2, -0.15) is 0 Å². The first kappa shape index (κ1) is 17.0. The summed E-state index contributed by atoms with van der Waals surface area (Å²) in [4.78, 5) is 12.7. The van der Waals surface area contributed by atoms with Gasteiger partial charge in [0.25, 0.3) is 5.91 Å². The fourth-order valence-corrected chi connectivity index (χ4v) is 3.86. The summed E-state index contributed by atoms with van der Waals surface area (Å²) in [6.07, 6.45) is 0. The van der Waals surface area contributed by atoms with E-state index >= 15 is 0 Å². The minimum absolute atomic E-state index is 0.166. The van der Waals surface area contributed by atoms with Crippen LogP contribution in [0.15, 0.2) is 35.2 Å². The first-order valence-corrected chi connectivity index (χ1v) is 8.95. The molecule has 1 aromatic carbocycles. The molecule has 118 valence electrons. The number of amides is 1. The highest BCUT2D eigenvalue weighted by molar-refractivity contribution is 7.89. The Morgan fingerprint density at radius 2 is 1.91 bits per heavy atom. The Labute approximate surface area is 138 Å². The van der Waals surface area contributed by atoms with Gasteiger partial charge >= 0.3 is 0 Å². The molecule has 0 aliphatic rings. The lowest BCUT2D eigenvalue weighted by atomic mass is 10.2. The van der Waals surface area contributed by atoms with Gasteiger partial charge < -0.3 is 5.32 Å². The Hall–Kier alpha value is -1.41. The Morgan fingerprint density at radius 3 is 2.45 bits per heavy atom. The summed E-state index contributed by atoms with van der Waals surface area (Å²) in [5.41, 5.74) is 1.03. The van der Waals surface area contributed by atoms with Gasteiger partial charge in [0.1, 0.15) is 0 Å². The molecular formula is C14H15ClN2O3S2. The van der Waals surface area contributed by atoms with Crippen molar-refractivity contribution in [2.45, 2.75) is 11.8 Å².